The van der Waals surface area contributed by atoms with Crippen LogP contribution in [0.3, 0.4) is 0 Å². The molecule has 1 saturated heterocycles. The summed E-state index contributed by atoms with van der Waals surface area (Å²) in [5.41, 5.74) is 0.276. The minimum absolute atomic E-state index is 0.276. The van der Waals surface area contributed by atoms with Gasteiger partial charge < -0.3 is 9.88 Å². The van der Waals surface area contributed by atoms with Crippen LogP contribution in [0.15, 0.2) is 12.4 Å². The van der Waals surface area contributed by atoms with Gasteiger partial charge in [-0.2, -0.15) is 0 Å². The van der Waals surface area contributed by atoms with Gasteiger partial charge in [0.1, 0.15) is 5.82 Å². The number of nitrogens with zero attached hydrogens (tertiary/aromatic N) is 2. The monoisotopic (exact) mass is 193 g/mol. The lowest BCUT2D eigenvalue weighted by Crippen LogP contribution is -2.39. The molecule has 1 N–H and O–H groups in total. The molecule has 0 amide bonds. The first kappa shape index (κ1) is 9.71. The zero-order chi connectivity index (χ0) is 10.0. The molecule has 2 heterocycles. The molecule has 1 aliphatic rings. The molecule has 1 unspecified atom stereocenters. The number of nitrogens with one attached hydrogen (secondary N) is 1. The molecule has 0 bridgehead atoms. The van der Waals surface area contributed by atoms with Gasteiger partial charge in [-0.05, 0) is 33.2 Å². The highest BCUT2D eigenvalue weighted by Crippen LogP contribution is 2.22. The Bertz CT molecular complexity index is 297. The van der Waals surface area contributed by atoms with Gasteiger partial charge in [-0.25, -0.2) is 4.98 Å². The summed E-state index contributed by atoms with van der Waals surface area (Å²) in [6.07, 6.45) is 7.57. The molecule has 78 valence electrons. The molecule has 0 aromatic carbocycles. The molecule has 1 fully saturated rings. The van der Waals surface area contributed by atoms with Crippen molar-refractivity contribution >= 4 is 0 Å². The van der Waals surface area contributed by atoms with Gasteiger partial charge in [0.05, 0.1) is 0 Å². The second kappa shape index (κ2) is 3.73. The number of rotatable bonds is 3. The minimum Gasteiger partial charge on any atom is -0.335 e. The number of hydrogen-bond donors (Lipinski definition) is 1. The highest BCUT2D eigenvalue weighted by Gasteiger charge is 2.29. The fourth-order valence-electron chi connectivity index (χ4n) is 2.25. The van der Waals surface area contributed by atoms with Crippen molar-refractivity contribution in [1.82, 2.24) is 14.9 Å². The molecule has 1 aromatic heterocycles. The van der Waals surface area contributed by atoms with E-state index in [1.165, 1.54) is 18.7 Å². The van der Waals surface area contributed by atoms with Crippen molar-refractivity contribution in [3.8, 4) is 0 Å². The zero-order valence-corrected chi connectivity index (χ0v) is 9.08. The van der Waals surface area contributed by atoms with Crippen molar-refractivity contribution in [2.24, 2.45) is 0 Å². The van der Waals surface area contributed by atoms with Crippen LogP contribution in [0, 0.1) is 0 Å². The zero-order valence-electron chi connectivity index (χ0n) is 9.08. The van der Waals surface area contributed by atoms with Gasteiger partial charge in [0.25, 0.3) is 0 Å². The third-order valence-electron chi connectivity index (χ3n) is 3.15. The van der Waals surface area contributed by atoms with Gasteiger partial charge in [0.2, 0.25) is 0 Å². The SMILES string of the molecule is CCn1ccnc1CC1(C)CCCN1. The topological polar surface area (TPSA) is 29.9 Å². The van der Waals surface area contributed by atoms with Crippen LogP contribution in [-0.4, -0.2) is 21.6 Å². The van der Waals surface area contributed by atoms with E-state index in [1.807, 2.05) is 6.20 Å². The third kappa shape index (κ3) is 1.82. The summed E-state index contributed by atoms with van der Waals surface area (Å²) >= 11 is 0. The summed E-state index contributed by atoms with van der Waals surface area (Å²) in [6, 6.07) is 0. The van der Waals surface area contributed by atoms with Crippen LogP contribution in [0.2, 0.25) is 0 Å². The first-order valence-electron chi connectivity index (χ1n) is 5.48. The summed E-state index contributed by atoms with van der Waals surface area (Å²) in [6.45, 7) is 6.64. The molecular weight excluding hydrogens is 174 g/mol. The van der Waals surface area contributed by atoms with E-state index in [0.29, 0.717) is 0 Å². The number of aromatic nitrogens is 2. The first-order chi connectivity index (χ1) is 6.73. The molecule has 0 aliphatic carbocycles. The van der Waals surface area contributed by atoms with Gasteiger partial charge in [0, 0.05) is 30.9 Å². The molecule has 3 nitrogen and oxygen atoms in total. The first-order valence-corrected chi connectivity index (χ1v) is 5.48. The van der Waals surface area contributed by atoms with Crippen LogP contribution >= 0.6 is 0 Å². The molecule has 3 heteroatoms. The van der Waals surface area contributed by atoms with Gasteiger partial charge in [-0.3, -0.25) is 0 Å². The third-order valence-corrected chi connectivity index (χ3v) is 3.15. The van der Waals surface area contributed by atoms with E-state index >= 15 is 0 Å². The summed E-state index contributed by atoms with van der Waals surface area (Å²) in [5, 5.41) is 3.57. The Balaban J connectivity index is 2.09. The highest BCUT2D eigenvalue weighted by molar-refractivity contribution is 5.02. The maximum Gasteiger partial charge on any atom is 0.110 e. The van der Waals surface area contributed by atoms with Crippen molar-refractivity contribution in [2.45, 2.75) is 45.2 Å². The maximum atomic E-state index is 4.42. The lowest BCUT2D eigenvalue weighted by molar-refractivity contribution is 0.397. The summed E-state index contributed by atoms with van der Waals surface area (Å²) < 4.78 is 2.23. The van der Waals surface area contributed by atoms with Gasteiger partial charge in [0.15, 0.2) is 0 Å². The Morgan fingerprint density at radius 3 is 3.14 bits per heavy atom. The lowest BCUT2D eigenvalue weighted by atomic mass is 9.95. The highest BCUT2D eigenvalue weighted by atomic mass is 15.1. The predicted octanol–water partition coefficient (Wildman–Crippen LogP) is 1.59. The Morgan fingerprint density at radius 1 is 1.64 bits per heavy atom. The van der Waals surface area contributed by atoms with E-state index < -0.39 is 0 Å². The second-order valence-electron chi connectivity index (χ2n) is 4.40. The Hall–Kier alpha value is -0.830. The number of hydrogen-bond acceptors (Lipinski definition) is 2. The normalized spacial score (nSPS) is 27.0. The Kier molecular flexibility index (Phi) is 2.59. The van der Waals surface area contributed by atoms with Crippen LogP contribution in [-0.2, 0) is 13.0 Å². The quantitative estimate of drug-likeness (QED) is 0.790. The van der Waals surface area contributed by atoms with E-state index in [1.54, 1.807) is 0 Å². The van der Waals surface area contributed by atoms with Gasteiger partial charge >= 0.3 is 0 Å². The molecule has 0 saturated carbocycles. The maximum absolute atomic E-state index is 4.42. The fraction of sp³-hybridized carbons (Fsp3) is 0.727. The lowest BCUT2D eigenvalue weighted by Gasteiger charge is -2.24. The van der Waals surface area contributed by atoms with E-state index in [4.69, 9.17) is 0 Å². The average Bonchev–Trinajstić information content (AvgIpc) is 2.75. The largest absolute Gasteiger partial charge is 0.335 e. The molecule has 1 atom stereocenters. The van der Waals surface area contributed by atoms with Gasteiger partial charge in [-0.1, -0.05) is 0 Å². The predicted molar refractivity (Wildman–Crippen MR) is 57.2 cm³/mol. The summed E-state index contributed by atoms with van der Waals surface area (Å²) in [4.78, 5) is 4.42. The Labute approximate surface area is 85.5 Å². The fourth-order valence-corrected chi connectivity index (χ4v) is 2.25. The molecule has 1 aliphatic heterocycles. The van der Waals surface area contributed by atoms with Crippen LogP contribution in [0.1, 0.15) is 32.5 Å². The van der Waals surface area contributed by atoms with E-state index in [2.05, 4.69) is 34.9 Å². The molecular formula is C11H19N3. The van der Waals surface area contributed by atoms with Crippen molar-refractivity contribution < 1.29 is 0 Å². The minimum atomic E-state index is 0.276. The van der Waals surface area contributed by atoms with Crippen LogP contribution in [0.25, 0.3) is 0 Å². The number of imidazole rings is 1. The Morgan fingerprint density at radius 2 is 2.50 bits per heavy atom. The van der Waals surface area contributed by atoms with Gasteiger partial charge in [-0.15, -0.1) is 0 Å². The number of aryl methyl sites for hydroxylation is 1. The molecule has 14 heavy (non-hydrogen) atoms. The van der Waals surface area contributed by atoms with Crippen molar-refractivity contribution in [3.63, 3.8) is 0 Å². The molecule has 1 aromatic rings. The summed E-state index contributed by atoms with van der Waals surface area (Å²) in [5.74, 6) is 1.21. The van der Waals surface area contributed by atoms with Crippen molar-refractivity contribution in [2.75, 3.05) is 6.54 Å². The van der Waals surface area contributed by atoms with E-state index in [0.717, 1.165) is 19.5 Å². The van der Waals surface area contributed by atoms with Crippen LogP contribution < -0.4 is 5.32 Å². The molecule has 2 rings (SSSR count). The van der Waals surface area contributed by atoms with Crippen LogP contribution in [0.5, 0.6) is 0 Å². The molecule has 0 spiro atoms. The molecule has 0 radical (unpaired) electrons. The smallest absolute Gasteiger partial charge is 0.110 e. The van der Waals surface area contributed by atoms with Crippen LogP contribution in [0.4, 0.5) is 0 Å². The standard InChI is InChI=1S/C11H19N3/c1-3-14-8-7-12-10(14)9-11(2)5-4-6-13-11/h7-8,13H,3-6,9H2,1-2H3. The van der Waals surface area contributed by atoms with Crippen molar-refractivity contribution in [3.05, 3.63) is 18.2 Å². The summed E-state index contributed by atoms with van der Waals surface area (Å²) in [7, 11) is 0. The van der Waals surface area contributed by atoms with E-state index in [9.17, 15) is 0 Å². The van der Waals surface area contributed by atoms with Crippen molar-refractivity contribution in [1.29, 1.82) is 0 Å². The van der Waals surface area contributed by atoms with E-state index in [-0.39, 0.29) is 5.54 Å². The average molecular weight is 193 g/mol. The second-order valence-corrected chi connectivity index (χ2v) is 4.40.